The zero-order chi connectivity index (χ0) is 10.3. The lowest BCUT2D eigenvalue weighted by Gasteiger charge is -2.27. The van der Waals surface area contributed by atoms with Crippen LogP contribution in [-0.2, 0) is 0 Å². The van der Waals surface area contributed by atoms with E-state index < -0.39 is 0 Å². The second-order valence-corrected chi connectivity index (χ2v) is 4.08. The molecule has 1 unspecified atom stereocenters. The lowest BCUT2D eigenvalue weighted by Crippen LogP contribution is -2.41. The van der Waals surface area contributed by atoms with Crippen molar-refractivity contribution in [1.82, 2.24) is 4.90 Å². The van der Waals surface area contributed by atoms with E-state index in [2.05, 4.69) is 32.6 Å². The molecule has 0 heterocycles. The van der Waals surface area contributed by atoms with Gasteiger partial charge in [0.25, 0.3) is 0 Å². The van der Waals surface area contributed by atoms with Crippen LogP contribution in [0.4, 0.5) is 0 Å². The summed E-state index contributed by atoms with van der Waals surface area (Å²) in [5.41, 5.74) is 6.03. The molecule has 13 heavy (non-hydrogen) atoms. The lowest BCUT2D eigenvalue weighted by atomic mass is 10.1. The van der Waals surface area contributed by atoms with E-state index in [4.69, 9.17) is 5.73 Å². The summed E-state index contributed by atoms with van der Waals surface area (Å²) in [6.45, 7) is 11.0. The first kappa shape index (κ1) is 12.9. The van der Waals surface area contributed by atoms with Crippen molar-refractivity contribution in [3.8, 4) is 0 Å². The van der Waals surface area contributed by atoms with Crippen molar-refractivity contribution in [2.75, 3.05) is 13.1 Å². The van der Waals surface area contributed by atoms with E-state index >= 15 is 0 Å². The first-order valence-electron chi connectivity index (χ1n) is 5.61. The molecule has 0 aromatic carbocycles. The summed E-state index contributed by atoms with van der Waals surface area (Å²) in [6.07, 6.45) is 3.68. The van der Waals surface area contributed by atoms with Crippen molar-refractivity contribution in [3.05, 3.63) is 0 Å². The Kier molecular flexibility index (Phi) is 7.29. The van der Waals surface area contributed by atoms with Gasteiger partial charge in [0.15, 0.2) is 0 Å². The van der Waals surface area contributed by atoms with Crippen molar-refractivity contribution >= 4 is 0 Å². The van der Waals surface area contributed by atoms with Crippen molar-refractivity contribution in [2.45, 2.75) is 59.0 Å². The van der Waals surface area contributed by atoms with Crippen molar-refractivity contribution < 1.29 is 0 Å². The summed E-state index contributed by atoms with van der Waals surface area (Å²) < 4.78 is 0. The number of unbranched alkanes of at least 4 members (excludes halogenated alkanes) is 1. The molecule has 0 aliphatic rings. The number of nitrogens with zero attached hydrogens (tertiary/aromatic N) is 1. The van der Waals surface area contributed by atoms with E-state index in [0.717, 1.165) is 13.1 Å². The second-order valence-electron chi connectivity index (χ2n) is 4.08. The first-order chi connectivity index (χ1) is 6.11. The second kappa shape index (κ2) is 7.34. The summed E-state index contributed by atoms with van der Waals surface area (Å²) in [7, 11) is 0. The Hall–Kier alpha value is -0.0800. The molecule has 2 nitrogen and oxygen atoms in total. The standard InChI is InChI=1S/C11H26N2/c1-5-7-8-11(12)9-13(6-2)10(3)4/h10-11H,5-9,12H2,1-4H3. The molecule has 0 spiro atoms. The van der Waals surface area contributed by atoms with Crippen LogP contribution in [0, 0.1) is 0 Å². The van der Waals surface area contributed by atoms with E-state index in [1.807, 2.05) is 0 Å². The van der Waals surface area contributed by atoms with Crippen LogP contribution in [0.5, 0.6) is 0 Å². The first-order valence-corrected chi connectivity index (χ1v) is 5.61. The van der Waals surface area contributed by atoms with Crippen LogP contribution in [0.3, 0.4) is 0 Å². The normalized spacial score (nSPS) is 14.1. The highest BCUT2D eigenvalue weighted by atomic mass is 15.1. The van der Waals surface area contributed by atoms with Crippen LogP contribution < -0.4 is 5.73 Å². The quantitative estimate of drug-likeness (QED) is 0.660. The molecule has 80 valence electrons. The molecule has 0 aromatic heterocycles. The van der Waals surface area contributed by atoms with Crippen LogP contribution in [0.2, 0.25) is 0 Å². The maximum absolute atomic E-state index is 6.03. The maximum Gasteiger partial charge on any atom is 0.0167 e. The molecule has 1 atom stereocenters. The summed E-state index contributed by atoms with van der Waals surface area (Å²) in [5.74, 6) is 0. The van der Waals surface area contributed by atoms with E-state index in [1.54, 1.807) is 0 Å². The largest absolute Gasteiger partial charge is 0.327 e. The van der Waals surface area contributed by atoms with Crippen LogP contribution in [0.25, 0.3) is 0 Å². The van der Waals surface area contributed by atoms with Crippen LogP contribution in [-0.4, -0.2) is 30.1 Å². The molecule has 0 aromatic rings. The van der Waals surface area contributed by atoms with Crippen molar-refractivity contribution in [2.24, 2.45) is 5.73 Å². The fourth-order valence-electron chi connectivity index (χ4n) is 1.56. The van der Waals surface area contributed by atoms with Crippen molar-refractivity contribution in [3.63, 3.8) is 0 Å². The Morgan fingerprint density at radius 3 is 2.23 bits per heavy atom. The SMILES string of the molecule is CCCCC(N)CN(CC)C(C)C. The number of nitrogens with two attached hydrogens (primary N) is 1. The van der Waals surface area contributed by atoms with Crippen LogP contribution in [0.15, 0.2) is 0 Å². The third-order valence-corrected chi connectivity index (χ3v) is 2.53. The minimum Gasteiger partial charge on any atom is -0.327 e. The predicted molar refractivity (Wildman–Crippen MR) is 59.9 cm³/mol. The molecule has 0 amide bonds. The van der Waals surface area contributed by atoms with E-state index in [0.29, 0.717) is 12.1 Å². The topological polar surface area (TPSA) is 29.3 Å². The summed E-state index contributed by atoms with van der Waals surface area (Å²) >= 11 is 0. The summed E-state index contributed by atoms with van der Waals surface area (Å²) in [6, 6.07) is 0.986. The molecule has 0 bridgehead atoms. The van der Waals surface area contributed by atoms with Gasteiger partial charge in [-0.15, -0.1) is 0 Å². The van der Waals surface area contributed by atoms with Gasteiger partial charge in [0.05, 0.1) is 0 Å². The Morgan fingerprint density at radius 2 is 1.85 bits per heavy atom. The average Bonchev–Trinajstić information content (AvgIpc) is 2.10. The molecule has 0 saturated carbocycles. The Morgan fingerprint density at radius 1 is 1.23 bits per heavy atom. The van der Waals surface area contributed by atoms with E-state index in [1.165, 1.54) is 19.3 Å². The molecule has 0 radical (unpaired) electrons. The van der Waals surface area contributed by atoms with E-state index in [9.17, 15) is 0 Å². The van der Waals surface area contributed by atoms with Gasteiger partial charge in [-0.3, -0.25) is 4.90 Å². The van der Waals surface area contributed by atoms with Gasteiger partial charge in [0.1, 0.15) is 0 Å². The Balaban J connectivity index is 3.66. The van der Waals surface area contributed by atoms with Crippen molar-refractivity contribution in [1.29, 1.82) is 0 Å². The third kappa shape index (κ3) is 6.05. The molecule has 2 N–H and O–H groups in total. The van der Waals surface area contributed by atoms with Crippen LogP contribution in [0.1, 0.15) is 47.0 Å². The monoisotopic (exact) mass is 186 g/mol. The predicted octanol–water partition coefficient (Wildman–Crippen LogP) is 2.23. The average molecular weight is 186 g/mol. The van der Waals surface area contributed by atoms with Gasteiger partial charge in [-0.2, -0.15) is 0 Å². The molecular weight excluding hydrogens is 160 g/mol. The zero-order valence-electron chi connectivity index (χ0n) is 9.71. The third-order valence-electron chi connectivity index (χ3n) is 2.53. The molecule has 0 saturated heterocycles. The minimum atomic E-state index is 0.363. The number of likely N-dealkylation sites (N-methyl/N-ethyl adjacent to an activating group) is 1. The highest BCUT2D eigenvalue weighted by molar-refractivity contribution is 4.69. The zero-order valence-corrected chi connectivity index (χ0v) is 9.71. The number of rotatable bonds is 7. The summed E-state index contributed by atoms with van der Waals surface area (Å²) in [4.78, 5) is 2.43. The fraction of sp³-hybridized carbons (Fsp3) is 1.00. The van der Waals surface area contributed by atoms with Gasteiger partial charge in [-0.1, -0.05) is 26.7 Å². The molecule has 0 aliphatic heterocycles. The molecule has 0 aliphatic carbocycles. The van der Waals surface area contributed by atoms with E-state index in [-0.39, 0.29) is 0 Å². The van der Waals surface area contributed by atoms with Gasteiger partial charge in [-0.25, -0.2) is 0 Å². The Bertz CT molecular complexity index is 113. The number of hydrogen-bond donors (Lipinski definition) is 1. The van der Waals surface area contributed by atoms with Crippen LogP contribution >= 0.6 is 0 Å². The highest BCUT2D eigenvalue weighted by Crippen LogP contribution is 2.03. The maximum atomic E-state index is 6.03. The molecule has 0 rings (SSSR count). The number of hydrogen-bond acceptors (Lipinski definition) is 2. The van der Waals surface area contributed by atoms with Gasteiger partial charge in [0.2, 0.25) is 0 Å². The Labute approximate surface area is 83.5 Å². The lowest BCUT2D eigenvalue weighted by molar-refractivity contribution is 0.215. The molecule has 2 heteroatoms. The van der Waals surface area contributed by atoms with Gasteiger partial charge in [0, 0.05) is 18.6 Å². The van der Waals surface area contributed by atoms with Gasteiger partial charge in [-0.05, 0) is 26.8 Å². The molecule has 0 fully saturated rings. The summed E-state index contributed by atoms with van der Waals surface area (Å²) in [5, 5.41) is 0. The van der Waals surface area contributed by atoms with Gasteiger partial charge >= 0.3 is 0 Å². The van der Waals surface area contributed by atoms with Gasteiger partial charge < -0.3 is 5.73 Å². The smallest absolute Gasteiger partial charge is 0.0167 e. The molecular formula is C11H26N2. The fourth-order valence-corrected chi connectivity index (χ4v) is 1.56. The highest BCUT2D eigenvalue weighted by Gasteiger charge is 2.10. The minimum absolute atomic E-state index is 0.363.